The first-order valence-corrected chi connectivity index (χ1v) is 4.17. The lowest BCUT2D eigenvalue weighted by Crippen LogP contribution is -2.09. The molecule has 0 amide bonds. The molecule has 0 bridgehead atoms. The maximum absolute atomic E-state index is 11.3. The van der Waals surface area contributed by atoms with E-state index in [9.17, 15) is 4.79 Å². The normalized spacial score (nSPS) is 9.79. The molecule has 1 aromatic rings. The van der Waals surface area contributed by atoms with Crippen molar-refractivity contribution in [2.24, 2.45) is 0 Å². The van der Waals surface area contributed by atoms with E-state index in [0.717, 1.165) is 0 Å². The van der Waals surface area contributed by atoms with Gasteiger partial charge >= 0.3 is 5.97 Å². The second kappa shape index (κ2) is 3.87. The van der Waals surface area contributed by atoms with E-state index in [4.69, 9.17) is 21.9 Å². The lowest BCUT2D eigenvalue weighted by molar-refractivity contribution is 0.0527. The van der Waals surface area contributed by atoms with Crippen molar-refractivity contribution in [2.45, 2.75) is 6.92 Å². The number of nitrogens with two attached hydrogens (primary N) is 3. The Labute approximate surface area is 81.8 Å². The molecule has 0 aromatic heterocycles. The number of rotatable bonds is 2. The Morgan fingerprint density at radius 2 is 1.79 bits per heavy atom. The van der Waals surface area contributed by atoms with Crippen LogP contribution in [0.1, 0.15) is 17.3 Å². The van der Waals surface area contributed by atoms with Gasteiger partial charge in [-0.05, 0) is 19.1 Å². The Morgan fingerprint density at radius 3 is 2.36 bits per heavy atom. The number of nitrogen functional groups attached to an aromatic ring is 3. The molecular formula is C9H13N3O2. The number of benzene rings is 1. The molecule has 0 radical (unpaired) electrons. The fourth-order valence-electron chi connectivity index (χ4n) is 1.04. The summed E-state index contributed by atoms with van der Waals surface area (Å²) in [5, 5.41) is 0. The molecule has 0 fully saturated rings. The number of carbonyl (C=O) groups excluding carboxylic acids is 1. The second-order valence-corrected chi connectivity index (χ2v) is 2.79. The largest absolute Gasteiger partial charge is 0.462 e. The standard InChI is InChI=1S/C9H13N3O2/c1-2-14-9(13)5-3-7(11)8(12)4-6(5)10/h3-4H,2,10-12H2,1H3. The van der Waals surface area contributed by atoms with Gasteiger partial charge in [-0.3, -0.25) is 0 Å². The smallest absolute Gasteiger partial charge is 0.340 e. The van der Waals surface area contributed by atoms with E-state index in [-0.39, 0.29) is 11.3 Å². The zero-order valence-corrected chi connectivity index (χ0v) is 7.91. The van der Waals surface area contributed by atoms with Crippen LogP contribution in [0.25, 0.3) is 0 Å². The summed E-state index contributed by atoms with van der Waals surface area (Å²) in [6.07, 6.45) is 0. The van der Waals surface area contributed by atoms with Gasteiger partial charge in [0.1, 0.15) is 0 Å². The van der Waals surface area contributed by atoms with Crippen molar-refractivity contribution < 1.29 is 9.53 Å². The van der Waals surface area contributed by atoms with Gasteiger partial charge in [-0.15, -0.1) is 0 Å². The van der Waals surface area contributed by atoms with Gasteiger partial charge in [0.2, 0.25) is 0 Å². The van der Waals surface area contributed by atoms with Gasteiger partial charge in [0, 0.05) is 5.69 Å². The third-order valence-electron chi connectivity index (χ3n) is 1.75. The molecule has 0 aliphatic heterocycles. The minimum atomic E-state index is -0.489. The Balaban J connectivity index is 3.09. The van der Waals surface area contributed by atoms with Crippen molar-refractivity contribution in [3.8, 4) is 0 Å². The number of anilines is 3. The zero-order valence-electron chi connectivity index (χ0n) is 7.91. The van der Waals surface area contributed by atoms with Crippen molar-refractivity contribution in [2.75, 3.05) is 23.8 Å². The Morgan fingerprint density at radius 1 is 1.21 bits per heavy atom. The van der Waals surface area contributed by atoms with Gasteiger partial charge in [0.15, 0.2) is 0 Å². The summed E-state index contributed by atoms with van der Waals surface area (Å²) < 4.78 is 4.79. The lowest BCUT2D eigenvalue weighted by atomic mass is 10.1. The number of esters is 1. The maximum atomic E-state index is 11.3. The van der Waals surface area contributed by atoms with Crippen molar-refractivity contribution in [3.05, 3.63) is 17.7 Å². The molecule has 0 aliphatic rings. The molecule has 14 heavy (non-hydrogen) atoms. The van der Waals surface area contributed by atoms with Crippen LogP contribution in [0.15, 0.2) is 12.1 Å². The molecule has 0 spiro atoms. The maximum Gasteiger partial charge on any atom is 0.340 e. The Hall–Kier alpha value is -1.91. The van der Waals surface area contributed by atoms with Crippen LogP contribution in [-0.2, 0) is 4.74 Å². The quantitative estimate of drug-likeness (QED) is 0.473. The summed E-state index contributed by atoms with van der Waals surface area (Å²) in [6.45, 7) is 2.01. The zero-order chi connectivity index (χ0) is 10.7. The van der Waals surface area contributed by atoms with Gasteiger partial charge < -0.3 is 21.9 Å². The van der Waals surface area contributed by atoms with Gasteiger partial charge in [0.25, 0.3) is 0 Å². The second-order valence-electron chi connectivity index (χ2n) is 2.79. The minimum absolute atomic E-state index is 0.249. The van der Waals surface area contributed by atoms with E-state index in [1.165, 1.54) is 12.1 Å². The molecule has 0 saturated heterocycles. The highest BCUT2D eigenvalue weighted by Crippen LogP contribution is 2.23. The molecule has 0 aliphatic carbocycles. The lowest BCUT2D eigenvalue weighted by Gasteiger charge is -2.07. The van der Waals surface area contributed by atoms with Crippen molar-refractivity contribution in [1.29, 1.82) is 0 Å². The average Bonchev–Trinajstić information content (AvgIpc) is 2.11. The molecule has 0 unspecified atom stereocenters. The summed E-state index contributed by atoms with van der Waals surface area (Å²) in [5.74, 6) is -0.489. The van der Waals surface area contributed by atoms with Crippen molar-refractivity contribution in [1.82, 2.24) is 0 Å². The Kier molecular flexibility index (Phi) is 2.81. The highest BCUT2D eigenvalue weighted by Gasteiger charge is 2.12. The monoisotopic (exact) mass is 195 g/mol. The summed E-state index contributed by atoms with van der Waals surface area (Å²) in [6, 6.07) is 2.87. The number of hydrogen-bond acceptors (Lipinski definition) is 5. The van der Waals surface area contributed by atoms with E-state index in [1.54, 1.807) is 6.92 Å². The molecule has 0 atom stereocenters. The van der Waals surface area contributed by atoms with Gasteiger partial charge in [0.05, 0.1) is 23.5 Å². The number of carbonyl (C=O) groups is 1. The molecule has 5 heteroatoms. The van der Waals surface area contributed by atoms with Crippen LogP contribution in [0.3, 0.4) is 0 Å². The van der Waals surface area contributed by atoms with Crippen LogP contribution in [0, 0.1) is 0 Å². The van der Waals surface area contributed by atoms with E-state index < -0.39 is 5.97 Å². The first-order chi connectivity index (χ1) is 6.56. The number of ether oxygens (including phenoxy) is 1. The molecular weight excluding hydrogens is 182 g/mol. The first-order valence-electron chi connectivity index (χ1n) is 4.17. The molecule has 0 heterocycles. The Bertz CT molecular complexity index is 363. The van der Waals surface area contributed by atoms with Crippen LogP contribution < -0.4 is 17.2 Å². The van der Waals surface area contributed by atoms with E-state index >= 15 is 0 Å². The van der Waals surface area contributed by atoms with Crippen LogP contribution in [0.2, 0.25) is 0 Å². The summed E-state index contributed by atoms with van der Waals surface area (Å²) >= 11 is 0. The van der Waals surface area contributed by atoms with Gasteiger partial charge in [-0.25, -0.2) is 4.79 Å². The fraction of sp³-hybridized carbons (Fsp3) is 0.222. The van der Waals surface area contributed by atoms with Gasteiger partial charge in [-0.1, -0.05) is 0 Å². The van der Waals surface area contributed by atoms with Crippen molar-refractivity contribution >= 4 is 23.0 Å². The molecule has 5 nitrogen and oxygen atoms in total. The van der Waals surface area contributed by atoms with E-state index in [1.807, 2.05) is 0 Å². The number of hydrogen-bond donors (Lipinski definition) is 3. The summed E-state index contributed by atoms with van der Waals surface area (Å²) in [7, 11) is 0. The van der Waals surface area contributed by atoms with Crippen molar-refractivity contribution in [3.63, 3.8) is 0 Å². The summed E-state index contributed by atoms with van der Waals surface area (Å²) in [4.78, 5) is 11.3. The molecule has 1 rings (SSSR count). The molecule has 76 valence electrons. The third kappa shape index (κ3) is 1.87. The highest BCUT2D eigenvalue weighted by atomic mass is 16.5. The fourth-order valence-corrected chi connectivity index (χ4v) is 1.04. The van der Waals surface area contributed by atoms with Crippen LogP contribution in [0.4, 0.5) is 17.1 Å². The molecule has 0 saturated carbocycles. The van der Waals surface area contributed by atoms with E-state index in [2.05, 4.69) is 0 Å². The van der Waals surface area contributed by atoms with Crippen LogP contribution >= 0.6 is 0 Å². The predicted octanol–water partition coefficient (Wildman–Crippen LogP) is 0.610. The van der Waals surface area contributed by atoms with Crippen LogP contribution in [-0.4, -0.2) is 12.6 Å². The third-order valence-corrected chi connectivity index (χ3v) is 1.75. The summed E-state index contributed by atoms with van der Waals surface area (Å²) in [5.41, 5.74) is 17.8. The topological polar surface area (TPSA) is 104 Å². The highest BCUT2D eigenvalue weighted by molar-refractivity contribution is 5.97. The molecule has 1 aromatic carbocycles. The first kappa shape index (κ1) is 10.2. The van der Waals surface area contributed by atoms with E-state index in [0.29, 0.717) is 18.0 Å². The molecule has 6 N–H and O–H groups in total. The van der Waals surface area contributed by atoms with Gasteiger partial charge in [-0.2, -0.15) is 0 Å². The minimum Gasteiger partial charge on any atom is -0.462 e. The SMILES string of the molecule is CCOC(=O)c1cc(N)c(N)cc1N. The predicted molar refractivity (Wildman–Crippen MR) is 55.6 cm³/mol. The average molecular weight is 195 g/mol. The van der Waals surface area contributed by atoms with Crippen LogP contribution in [0.5, 0.6) is 0 Å².